The van der Waals surface area contributed by atoms with E-state index in [2.05, 4.69) is 47.7 Å². The van der Waals surface area contributed by atoms with Crippen LogP contribution in [-0.4, -0.2) is 15.4 Å². The summed E-state index contributed by atoms with van der Waals surface area (Å²) in [5.74, 6) is 0. The van der Waals surface area contributed by atoms with Gasteiger partial charge in [-0.2, -0.15) is 0 Å². The van der Waals surface area contributed by atoms with Crippen LogP contribution in [0.15, 0.2) is 24.5 Å². The molecule has 0 spiro atoms. The van der Waals surface area contributed by atoms with Crippen molar-refractivity contribution in [3.05, 3.63) is 35.8 Å². The van der Waals surface area contributed by atoms with Crippen LogP contribution in [0, 0.1) is 6.92 Å². The zero-order valence-electron chi connectivity index (χ0n) is 9.49. The molecule has 2 heterocycles. The van der Waals surface area contributed by atoms with Gasteiger partial charge in [-0.1, -0.05) is 19.9 Å². The summed E-state index contributed by atoms with van der Waals surface area (Å²) >= 11 is 0. The molecule has 0 aromatic carbocycles. The third-order valence-corrected chi connectivity index (χ3v) is 2.42. The molecule has 80 valence electrons. The average molecular weight is 203 g/mol. The Bertz CT molecular complexity index is 457. The van der Waals surface area contributed by atoms with Gasteiger partial charge in [0.25, 0.3) is 0 Å². The molecule has 0 aliphatic carbocycles. The standard InChI is InChI=1S/C12H17N3/c1-9(2)13-6-11-7-14-12-5-4-10(3)8-15(11)12/h4-5,7-9,13H,6H2,1-3H3. The SMILES string of the molecule is Cc1ccc2ncc(CNC(C)C)n2c1. The van der Waals surface area contributed by atoms with Crippen LogP contribution in [0.2, 0.25) is 0 Å². The van der Waals surface area contributed by atoms with E-state index in [0.717, 1.165) is 12.2 Å². The van der Waals surface area contributed by atoms with Crippen LogP contribution < -0.4 is 5.32 Å². The average Bonchev–Trinajstić information content (AvgIpc) is 2.57. The van der Waals surface area contributed by atoms with Gasteiger partial charge in [0.05, 0.1) is 11.9 Å². The topological polar surface area (TPSA) is 29.3 Å². The molecule has 0 saturated carbocycles. The molecule has 0 amide bonds. The second-order valence-electron chi connectivity index (χ2n) is 4.22. The predicted octanol–water partition coefficient (Wildman–Crippen LogP) is 2.14. The smallest absolute Gasteiger partial charge is 0.136 e. The summed E-state index contributed by atoms with van der Waals surface area (Å²) < 4.78 is 2.14. The molecule has 0 bridgehead atoms. The first-order valence-corrected chi connectivity index (χ1v) is 5.33. The van der Waals surface area contributed by atoms with Crippen molar-refractivity contribution in [3.8, 4) is 0 Å². The Kier molecular flexibility index (Phi) is 2.73. The summed E-state index contributed by atoms with van der Waals surface area (Å²) in [5.41, 5.74) is 3.48. The molecule has 3 heteroatoms. The summed E-state index contributed by atoms with van der Waals surface area (Å²) in [4.78, 5) is 4.36. The van der Waals surface area contributed by atoms with Crippen LogP contribution >= 0.6 is 0 Å². The molecular weight excluding hydrogens is 186 g/mol. The van der Waals surface area contributed by atoms with Crippen molar-refractivity contribution in [2.24, 2.45) is 0 Å². The first-order chi connectivity index (χ1) is 7.16. The number of pyridine rings is 1. The summed E-state index contributed by atoms with van der Waals surface area (Å²) in [6.07, 6.45) is 4.06. The zero-order chi connectivity index (χ0) is 10.8. The van der Waals surface area contributed by atoms with Crippen LogP contribution in [0.4, 0.5) is 0 Å². The van der Waals surface area contributed by atoms with Crippen LogP contribution in [0.3, 0.4) is 0 Å². The Morgan fingerprint density at radius 2 is 2.20 bits per heavy atom. The van der Waals surface area contributed by atoms with Crippen molar-refractivity contribution in [1.29, 1.82) is 0 Å². The van der Waals surface area contributed by atoms with Gasteiger partial charge in [0.2, 0.25) is 0 Å². The number of aromatic nitrogens is 2. The first-order valence-electron chi connectivity index (χ1n) is 5.33. The van der Waals surface area contributed by atoms with Gasteiger partial charge in [-0.05, 0) is 18.6 Å². The molecule has 3 nitrogen and oxygen atoms in total. The maximum Gasteiger partial charge on any atom is 0.136 e. The van der Waals surface area contributed by atoms with E-state index >= 15 is 0 Å². The van der Waals surface area contributed by atoms with E-state index in [1.54, 1.807) is 0 Å². The molecule has 2 aromatic rings. The molecule has 0 aliphatic heterocycles. The maximum absolute atomic E-state index is 4.36. The van der Waals surface area contributed by atoms with E-state index in [1.807, 2.05) is 12.3 Å². The molecule has 1 N–H and O–H groups in total. The van der Waals surface area contributed by atoms with Gasteiger partial charge in [0.15, 0.2) is 0 Å². The lowest BCUT2D eigenvalue weighted by molar-refractivity contribution is 0.579. The fourth-order valence-corrected chi connectivity index (χ4v) is 1.58. The lowest BCUT2D eigenvalue weighted by Gasteiger charge is -2.07. The van der Waals surface area contributed by atoms with Gasteiger partial charge in [0, 0.05) is 18.8 Å². The van der Waals surface area contributed by atoms with E-state index in [0.29, 0.717) is 6.04 Å². The van der Waals surface area contributed by atoms with E-state index in [-0.39, 0.29) is 0 Å². The number of fused-ring (bicyclic) bond motifs is 1. The highest BCUT2D eigenvalue weighted by atomic mass is 15.0. The van der Waals surface area contributed by atoms with Gasteiger partial charge < -0.3 is 9.72 Å². The maximum atomic E-state index is 4.36. The summed E-state index contributed by atoms with van der Waals surface area (Å²) in [6.45, 7) is 7.25. The quantitative estimate of drug-likeness (QED) is 0.828. The van der Waals surface area contributed by atoms with E-state index in [1.165, 1.54) is 11.3 Å². The van der Waals surface area contributed by atoms with Gasteiger partial charge in [-0.15, -0.1) is 0 Å². The number of aryl methyl sites for hydroxylation is 1. The normalized spacial score (nSPS) is 11.5. The number of nitrogens with zero attached hydrogens (tertiary/aromatic N) is 2. The van der Waals surface area contributed by atoms with E-state index in [4.69, 9.17) is 0 Å². The largest absolute Gasteiger partial charge is 0.309 e. The van der Waals surface area contributed by atoms with E-state index in [9.17, 15) is 0 Å². The van der Waals surface area contributed by atoms with Gasteiger partial charge in [-0.25, -0.2) is 4.98 Å². The number of hydrogen-bond donors (Lipinski definition) is 1. The summed E-state index contributed by atoms with van der Waals surface area (Å²) in [6, 6.07) is 4.64. The molecule has 15 heavy (non-hydrogen) atoms. The lowest BCUT2D eigenvalue weighted by atomic mass is 10.3. The highest BCUT2D eigenvalue weighted by molar-refractivity contribution is 5.41. The first kappa shape index (κ1) is 10.2. The molecule has 0 aliphatic rings. The second kappa shape index (κ2) is 4.03. The minimum Gasteiger partial charge on any atom is -0.309 e. The van der Waals surface area contributed by atoms with Crippen molar-refractivity contribution in [1.82, 2.24) is 14.7 Å². The van der Waals surface area contributed by atoms with Crippen LogP contribution in [-0.2, 0) is 6.54 Å². The summed E-state index contributed by atoms with van der Waals surface area (Å²) in [5, 5.41) is 3.40. The Hall–Kier alpha value is -1.35. The Morgan fingerprint density at radius 3 is 2.93 bits per heavy atom. The number of nitrogens with one attached hydrogen (secondary N) is 1. The fraction of sp³-hybridized carbons (Fsp3) is 0.417. The monoisotopic (exact) mass is 203 g/mol. The number of hydrogen-bond acceptors (Lipinski definition) is 2. The molecule has 2 aromatic heterocycles. The van der Waals surface area contributed by atoms with Crippen molar-refractivity contribution in [3.63, 3.8) is 0 Å². The van der Waals surface area contributed by atoms with Crippen molar-refractivity contribution in [2.45, 2.75) is 33.4 Å². The van der Waals surface area contributed by atoms with Crippen LogP contribution in [0.5, 0.6) is 0 Å². The molecule has 2 rings (SSSR count). The second-order valence-corrected chi connectivity index (χ2v) is 4.22. The van der Waals surface area contributed by atoms with Crippen molar-refractivity contribution < 1.29 is 0 Å². The molecule has 0 radical (unpaired) electrons. The predicted molar refractivity (Wildman–Crippen MR) is 61.9 cm³/mol. The molecule has 0 unspecified atom stereocenters. The highest BCUT2D eigenvalue weighted by Crippen LogP contribution is 2.08. The molecular formula is C12H17N3. The fourth-order valence-electron chi connectivity index (χ4n) is 1.58. The molecule has 0 fully saturated rings. The Balaban J connectivity index is 2.31. The lowest BCUT2D eigenvalue weighted by Crippen LogP contribution is -2.22. The third-order valence-electron chi connectivity index (χ3n) is 2.42. The molecule has 0 atom stereocenters. The minimum atomic E-state index is 0.500. The van der Waals surface area contributed by atoms with Gasteiger partial charge >= 0.3 is 0 Å². The zero-order valence-corrected chi connectivity index (χ0v) is 9.49. The number of imidazole rings is 1. The van der Waals surface area contributed by atoms with E-state index < -0.39 is 0 Å². The third kappa shape index (κ3) is 2.18. The van der Waals surface area contributed by atoms with Crippen LogP contribution in [0.1, 0.15) is 25.1 Å². The summed E-state index contributed by atoms with van der Waals surface area (Å²) in [7, 11) is 0. The Morgan fingerprint density at radius 1 is 1.40 bits per heavy atom. The van der Waals surface area contributed by atoms with Gasteiger partial charge in [-0.3, -0.25) is 0 Å². The number of rotatable bonds is 3. The van der Waals surface area contributed by atoms with Crippen molar-refractivity contribution in [2.75, 3.05) is 0 Å². The minimum absolute atomic E-state index is 0.500. The van der Waals surface area contributed by atoms with Crippen LogP contribution in [0.25, 0.3) is 5.65 Å². The van der Waals surface area contributed by atoms with Crippen molar-refractivity contribution >= 4 is 5.65 Å². The Labute approximate surface area is 90.1 Å². The highest BCUT2D eigenvalue weighted by Gasteiger charge is 2.03. The van der Waals surface area contributed by atoms with Gasteiger partial charge in [0.1, 0.15) is 5.65 Å². The molecule has 0 saturated heterocycles.